The van der Waals surface area contributed by atoms with Gasteiger partial charge >= 0.3 is 0 Å². The van der Waals surface area contributed by atoms with E-state index in [1.165, 1.54) is 7.11 Å². The number of benzene rings is 2. The first-order valence-electron chi connectivity index (χ1n) is 10.0. The fourth-order valence-corrected chi connectivity index (χ4v) is 3.67. The highest BCUT2D eigenvalue weighted by Gasteiger charge is 2.25. The largest absolute Gasteiger partial charge is 0.497 e. The van der Waals surface area contributed by atoms with E-state index in [1.807, 2.05) is 47.4 Å². The fraction of sp³-hybridized carbons (Fsp3) is 0.250. The zero-order chi connectivity index (χ0) is 21.8. The molecule has 31 heavy (non-hydrogen) atoms. The number of carbonyl (C=O) groups is 2. The summed E-state index contributed by atoms with van der Waals surface area (Å²) in [6.45, 7) is 1.07. The van der Waals surface area contributed by atoms with Crippen molar-refractivity contribution in [3.63, 3.8) is 0 Å². The van der Waals surface area contributed by atoms with Gasteiger partial charge in [0.1, 0.15) is 23.9 Å². The zero-order valence-corrected chi connectivity index (χ0v) is 17.5. The molecule has 1 N–H and O–H groups in total. The molecule has 0 fully saturated rings. The molecule has 1 aliphatic rings. The van der Waals surface area contributed by atoms with Gasteiger partial charge in [-0.25, -0.2) is 0 Å². The van der Waals surface area contributed by atoms with Crippen LogP contribution in [0.3, 0.4) is 0 Å². The molecule has 2 aromatic carbocycles. The molecule has 0 saturated carbocycles. The third-order valence-electron chi connectivity index (χ3n) is 5.18. The first kappa shape index (κ1) is 20.7. The molecule has 160 valence electrons. The van der Waals surface area contributed by atoms with Crippen molar-refractivity contribution in [2.45, 2.75) is 13.0 Å². The van der Waals surface area contributed by atoms with E-state index in [4.69, 9.17) is 13.9 Å². The first-order valence-corrected chi connectivity index (χ1v) is 10.0. The van der Waals surface area contributed by atoms with Crippen LogP contribution in [0, 0.1) is 0 Å². The van der Waals surface area contributed by atoms with Crippen molar-refractivity contribution in [3.05, 3.63) is 71.5 Å². The van der Waals surface area contributed by atoms with Crippen molar-refractivity contribution >= 4 is 17.5 Å². The summed E-state index contributed by atoms with van der Waals surface area (Å²) in [6.07, 6.45) is 0.648. The van der Waals surface area contributed by atoms with Gasteiger partial charge in [-0.2, -0.15) is 0 Å². The van der Waals surface area contributed by atoms with E-state index in [-0.39, 0.29) is 18.4 Å². The zero-order valence-electron chi connectivity index (χ0n) is 17.5. The van der Waals surface area contributed by atoms with Crippen molar-refractivity contribution in [1.29, 1.82) is 0 Å². The lowest BCUT2D eigenvalue weighted by Crippen LogP contribution is -2.35. The summed E-state index contributed by atoms with van der Waals surface area (Å²) in [7, 11) is 3.06. The van der Waals surface area contributed by atoms with Crippen LogP contribution in [-0.4, -0.2) is 44.1 Å². The molecular weight excluding hydrogens is 396 g/mol. The van der Waals surface area contributed by atoms with E-state index < -0.39 is 0 Å². The van der Waals surface area contributed by atoms with Crippen LogP contribution in [0.2, 0.25) is 0 Å². The molecule has 1 aromatic heterocycles. The van der Waals surface area contributed by atoms with Gasteiger partial charge in [-0.1, -0.05) is 18.2 Å². The third kappa shape index (κ3) is 4.62. The molecule has 0 radical (unpaired) electrons. The van der Waals surface area contributed by atoms with Gasteiger partial charge in [-0.05, 0) is 36.4 Å². The minimum absolute atomic E-state index is 0.00354. The summed E-state index contributed by atoms with van der Waals surface area (Å²) in [5, 5.41) is 2.80. The molecule has 7 heteroatoms. The number of carbonyl (C=O) groups excluding carboxylic acids is 2. The van der Waals surface area contributed by atoms with Crippen LogP contribution in [0.1, 0.15) is 21.7 Å². The van der Waals surface area contributed by atoms with Crippen LogP contribution >= 0.6 is 0 Å². The van der Waals surface area contributed by atoms with Crippen LogP contribution in [0.4, 0.5) is 5.69 Å². The van der Waals surface area contributed by atoms with E-state index in [1.54, 1.807) is 19.2 Å². The van der Waals surface area contributed by atoms with Crippen LogP contribution in [0.5, 0.6) is 5.75 Å². The number of fused-ring (bicyclic) bond motifs is 1. The normalized spacial score (nSPS) is 12.9. The third-order valence-corrected chi connectivity index (χ3v) is 5.18. The monoisotopic (exact) mass is 420 g/mol. The van der Waals surface area contributed by atoms with Gasteiger partial charge in [-0.15, -0.1) is 0 Å². The summed E-state index contributed by atoms with van der Waals surface area (Å²) < 4.78 is 16.2. The van der Waals surface area contributed by atoms with Crippen LogP contribution in [-0.2, 0) is 22.5 Å². The number of anilines is 1. The lowest BCUT2D eigenvalue weighted by atomic mass is 10.1. The van der Waals surface area contributed by atoms with Crippen LogP contribution in [0.15, 0.2) is 59.0 Å². The SMILES string of the molecule is COCC(=O)Nc1cccc(-c2cc3c(o2)CCN(C(=O)c2cccc(OC)c2)C3)c1. The Morgan fingerprint density at radius 2 is 1.94 bits per heavy atom. The molecule has 0 bridgehead atoms. The maximum Gasteiger partial charge on any atom is 0.254 e. The van der Waals surface area contributed by atoms with Gasteiger partial charge < -0.3 is 24.1 Å². The Balaban J connectivity index is 1.51. The van der Waals surface area contributed by atoms with Gasteiger partial charge in [0.25, 0.3) is 5.91 Å². The van der Waals surface area contributed by atoms with Gasteiger partial charge in [0.2, 0.25) is 5.91 Å². The molecule has 0 spiro atoms. The molecule has 4 rings (SSSR count). The highest BCUT2D eigenvalue weighted by Crippen LogP contribution is 2.31. The number of nitrogens with zero attached hydrogens (tertiary/aromatic N) is 1. The number of furan rings is 1. The second kappa shape index (κ2) is 9.06. The molecule has 0 atom stereocenters. The highest BCUT2D eigenvalue weighted by atomic mass is 16.5. The molecule has 3 aromatic rings. The topological polar surface area (TPSA) is 81.0 Å². The Labute approximate surface area is 180 Å². The smallest absolute Gasteiger partial charge is 0.254 e. The van der Waals surface area contributed by atoms with E-state index in [0.29, 0.717) is 42.3 Å². The van der Waals surface area contributed by atoms with Crippen molar-refractivity contribution in [2.24, 2.45) is 0 Å². The Hall–Kier alpha value is -3.58. The van der Waals surface area contributed by atoms with Crippen LogP contribution < -0.4 is 10.1 Å². The predicted octanol–water partition coefficient (Wildman–Crippen LogP) is 3.74. The van der Waals surface area contributed by atoms with Crippen LogP contribution in [0.25, 0.3) is 11.3 Å². The molecule has 0 aliphatic carbocycles. The molecule has 7 nitrogen and oxygen atoms in total. The maximum atomic E-state index is 12.9. The Morgan fingerprint density at radius 1 is 1.10 bits per heavy atom. The molecule has 0 unspecified atom stereocenters. The molecular formula is C24H24N2O5. The molecule has 1 aliphatic heterocycles. The van der Waals surface area contributed by atoms with Gasteiger partial charge in [-0.3, -0.25) is 9.59 Å². The second-order valence-electron chi connectivity index (χ2n) is 7.33. The number of methoxy groups -OCH3 is 2. The Bertz CT molecular complexity index is 1100. The summed E-state index contributed by atoms with van der Waals surface area (Å²) in [5.41, 5.74) is 3.12. The summed E-state index contributed by atoms with van der Waals surface area (Å²) in [5.74, 6) is 2.01. The summed E-state index contributed by atoms with van der Waals surface area (Å²) in [4.78, 5) is 26.5. The number of amides is 2. The van der Waals surface area contributed by atoms with E-state index in [2.05, 4.69) is 5.32 Å². The van der Waals surface area contributed by atoms with Gasteiger partial charge in [0.05, 0.1) is 7.11 Å². The number of ether oxygens (including phenoxy) is 2. The van der Waals surface area contributed by atoms with Crippen molar-refractivity contribution in [3.8, 4) is 17.1 Å². The van der Waals surface area contributed by atoms with E-state index >= 15 is 0 Å². The van der Waals surface area contributed by atoms with E-state index in [9.17, 15) is 9.59 Å². The van der Waals surface area contributed by atoms with Crippen molar-refractivity contribution in [2.75, 3.05) is 32.7 Å². The molecule has 0 saturated heterocycles. The number of nitrogens with one attached hydrogen (secondary N) is 1. The average Bonchev–Trinajstić information content (AvgIpc) is 3.22. The second-order valence-corrected chi connectivity index (χ2v) is 7.33. The first-order chi connectivity index (χ1) is 15.1. The van der Waals surface area contributed by atoms with Gasteiger partial charge in [0, 0.05) is 49.0 Å². The minimum Gasteiger partial charge on any atom is -0.497 e. The molecule has 2 amide bonds. The maximum absolute atomic E-state index is 12.9. The average molecular weight is 420 g/mol. The summed E-state index contributed by atoms with van der Waals surface area (Å²) in [6, 6.07) is 16.6. The number of hydrogen-bond donors (Lipinski definition) is 1. The van der Waals surface area contributed by atoms with Crippen molar-refractivity contribution in [1.82, 2.24) is 4.90 Å². The standard InChI is InChI=1S/C24H24N2O5/c1-29-15-23(27)25-19-7-3-5-16(11-19)22-13-18-14-26(10-9-21(18)31-22)24(28)17-6-4-8-20(12-17)30-2/h3-8,11-13H,9-10,14-15H2,1-2H3,(H,25,27). The Kier molecular flexibility index (Phi) is 6.04. The number of hydrogen-bond acceptors (Lipinski definition) is 5. The quantitative estimate of drug-likeness (QED) is 0.657. The fourth-order valence-electron chi connectivity index (χ4n) is 3.67. The minimum atomic E-state index is -0.218. The molecule has 2 heterocycles. The number of rotatable bonds is 6. The van der Waals surface area contributed by atoms with E-state index in [0.717, 1.165) is 16.9 Å². The Morgan fingerprint density at radius 3 is 2.74 bits per heavy atom. The predicted molar refractivity (Wildman–Crippen MR) is 116 cm³/mol. The van der Waals surface area contributed by atoms with Crippen molar-refractivity contribution < 1.29 is 23.5 Å². The highest BCUT2D eigenvalue weighted by molar-refractivity contribution is 5.95. The lowest BCUT2D eigenvalue weighted by molar-refractivity contribution is -0.119. The lowest BCUT2D eigenvalue weighted by Gasteiger charge is -2.26. The summed E-state index contributed by atoms with van der Waals surface area (Å²) >= 11 is 0. The van der Waals surface area contributed by atoms with Gasteiger partial charge in [0.15, 0.2) is 0 Å².